The van der Waals surface area contributed by atoms with Crippen LogP contribution < -0.4 is 10.6 Å². The number of carbonyl (C=O) groups is 2. The van der Waals surface area contributed by atoms with E-state index in [0.717, 1.165) is 45.6 Å². The Labute approximate surface area is 167 Å². The van der Waals surface area contributed by atoms with Crippen molar-refractivity contribution in [2.24, 2.45) is 5.41 Å². The highest BCUT2D eigenvalue weighted by Crippen LogP contribution is 2.29. The zero-order chi connectivity index (χ0) is 19.8. The molecule has 2 saturated heterocycles. The maximum atomic E-state index is 12.8. The Morgan fingerprint density at radius 2 is 1.79 bits per heavy atom. The summed E-state index contributed by atoms with van der Waals surface area (Å²) in [6.45, 7) is 6.09. The van der Waals surface area contributed by atoms with E-state index in [9.17, 15) is 9.59 Å². The lowest BCUT2D eigenvalue weighted by Crippen LogP contribution is -2.54. The van der Waals surface area contributed by atoms with Crippen molar-refractivity contribution in [2.45, 2.75) is 19.4 Å². The minimum Gasteiger partial charge on any atom is -0.384 e. The van der Waals surface area contributed by atoms with Gasteiger partial charge in [-0.05, 0) is 31.5 Å². The van der Waals surface area contributed by atoms with Gasteiger partial charge >= 0.3 is 0 Å². The van der Waals surface area contributed by atoms with E-state index in [-0.39, 0.29) is 18.4 Å². The second-order valence-corrected chi connectivity index (χ2v) is 7.79. The lowest BCUT2D eigenvalue weighted by molar-refractivity contribution is -0.140. The molecule has 2 amide bonds. The Balaban J connectivity index is 1.43. The van der Waals surface area contributed by atoms with Crippen LogP contribution in [-0.2, 0) is 20.9 Å². The molecule has 0 atom stereocenters. The van der Waals surface area contributed by atoms with Crippen molar-refractivity contribution in [2.75, 3.05) is 59.5 Å². The van der Waals surface area contributed by atoms with E-state index in [2.05, 4.69) is 39.8 Å². The molecule has 2 heterocycles. The number of hydrogen-bond donors (Lipinski definition) is 2. The standard InChI is InChI=1S/C21H32N4O3/c1-28-17-21(7-9-22-10-8-21)20(27)23-15-19(26)25-13-11-24(12-14-25)16-18-5-3-2-4-6-18/h2-6,22H,7-17H2,1H3,(H,23,27). The lowest BCUT2D eigenvalue weighted by Gasteiger charge is -2.36. The maximum absolute atomic E-state index is 12.8. The number of hydrogen-bond acceptors (Lipinski definition) is 5. The van der Waals surface area contributed by atoms with Gasteiger partial charge in [0.05, 0.1) is 18.6 Å². The zero-order valence-corrected chi connectivity index (χ0v) is 16.8. The molecule has 0 aliphatic carbocycles. The topological polar surface area (TPSA) is 73.9 Å². The normalized spacial score (nSPS) is 20.0. The third kappa shape index (κ3) is 5.31. The third-order valence-corrected chi connectivity index (χ3v) is 5.84. The summed E-state index contributed by atoms with van der Waals surface area (Å²) in [5.74, 6) is -0.0684. The first-order valence-corrected chi connectivity index (χ1v) is 10.1. The van der Waals surface area contributed by atoms with Gasteiger partial charge in [0.1, 0.15) is 0 Å². The van der Waals surface area contributed by atoms with Crippen LogP contribution in [0.25, 0.3) is 0 Å². The summed E-state index contributed by atoms with van der Waals surface area (Å²) in [4.78, 5) is 29.5. The number of ether oxygens (including phenoxy) is 1. The average molecular weight is 389 g/mol. The number of benzene rings is 1. The summed E-state index contributed by atoms with van der Waals surface area (Å²) >= 11 is 0. The van der Waals surface area contributed by atoms with E-state index in [4.69, 9.17) is 4.74 Å². The van der Waals surface area contributed by atoms with Gasteiger partial charge in [-0.25, -0.2) is 0 Å². The van der Waals surface area contributed by atoms with Gasteiger partial charge in [-0.2, -0.15) is 0 Å². The highest BCUT2D eigenvalue weighted by Gasteiger charge is 2.39. The molecule has 0 spiro atoms. The first-order valence-electron chi connectivity index (χ1n) is 10.1. The number of piperidine rings is 1. The molecule has 0 unspecified atom stereocenters. The van der Waals surface area contributed by atoms with Crippen LogP contribution in [0.3, 0.4) is 0 Å². The van der Waals surface area contributed by atoms with Gasteiger partial charge in [-0.15, -0.1) is 0 Å². The predicted octanol–water partition coefficient (Wildman–Crippen LogP) is 0.463. The van der Waals surface area contributed by atoms with Gasteiger partial charge in [0.25, 0.3) is 0 Å². The number of rotatable bonds is 7. The molecule has 3 rings (SSSR count). The van der Waals surface area contributed by atoms with Crippen LogP contribution in [0, 0.1) is 5.41 Å². The zero-order valence-electron chi connectivity index (χ0n) is 16.8. The van der Waals surface area contributed by atoms with Crippen LogP contribution in [0.15, 0.2) is 30.3 Å². The van der Waals surface area contributed by atoms with E-state index in [1.807, 2.05) is 11.0 Å². The van der Waals surface area contributed by atoms with E-state index in [1.54, 1.807) is 7.11 Å². The largest absolute Gasteiger partial charge is 0.384 e. The molecule has 0 aromatic heterocycles. The molecule has 2 aliphatic heterocycles. The molecule has 0 saturated carbocycles. The Kier molecular flexibility index (Phi) is 7.42. The highest BCUT2D eigenvalue weighted by atomic mass is 16.5. The fourth-order valence-electron chi connectivity index (χ4n) is 4.07. The van der Waals surface area contributed by atoms with Gasteiger partial charge < -0.3 is 20.3 Å². The molecule has 154 valence electrons. The SMILES string of the molecule is COCC1(C(=O)NCC(=O)N2CCN(Cc3ccccc3)CC2)CCNCC1. The molecule has 0 bridgehead atoms. The van der Waals surface area contributed by atoms with E-state index in [1.165, 1.54) is 5.56 Å². The summed E-state index contributed by atoms with van der Waals surface area (Å²) in [6.07, 6.45) is 1.47. The summed E-state index contributed by atoms with van der Waals surface area (Å²) in [5.41, 5.74) is 0.772. The number of methoxy groups -OCH3 is 1. The Bertz CT molecular complexity index is 633. The van der Waals surface area contributed by atoms with E-state index in [0.29, 0.717) is 19.7 Å². The van der Waals surface area contributed by atoms with Crippen molar-refractivity contribution >= 4 is 11.8 Å². The van der Waals surface area contributed by atoms with Crippen molar-refractivity contribution in [3.05, 3.63) is 35.9 Å². The molecule has 2 aliphatic rings. The molecule has 2 fully saturated rings. The van der Waals surface area contributed by atoms with Gasteiger partial charge in [0.2, 0.25) is 11.8 Å². The second-order valence-electron chi connectivity index (χ2n) is 7.79. The summed E-state index contributed by atoms with van der Waals surface area (Å²) in [5, 5.41) is 6.15. The minimum atomic E-state index is -0.519. The number of carbonyl (C=O) groups excluding carboxylic acids is 2. The van der Waals surface area contributed by atoms with Crippen molar-refractivity contribution in [3.63, 3.8) is 0 Å². The summed E-state index contributed by atoms with van der Waals surface area (Å²) in [6, 6.07) is 10.4. The first-order chi connectivity index (χ1) is 13.6. The van der Waals surface area contributed by atoms with E-state index >= 15 is 0 Å². The molecule has 28 heavy (non-hydrogen) atoms. The van der Waals surface area contributed by atoms with Crippen molar-refractivity contribution in [3.8, 4) is 0 Å². The molecule has 0 radical (unpaired) electrons. The van der Waals surface area contributed by atoms with Gasteiger partial charge in [0, 0.05) is 39.8 Å². The monoisotopic (exact) mass is 388 g/mol. The van der Waals surface area contributed by atoms with Crippen LogP contribution in [0.5, 0.6) is 0 Å². The molecule has 7 nitrogen and oxygen atoms in total. The van der Waals surface area contributed by atoms with Gasteiger partial charge in [0.15, 0.2) is 0 Å². The summed E-state index contributed by atoms with van der Waals surface area (Å²) in [7, 11) is 1.62. The maximum Gasteiger partial charge on any atom is 0.242 e. The van der Waals surface area contributed by atoms with Crippen LogP contribution in [0.2, 0.25) is 0 Å². The minimum absolute atomic E-state index is 0.00536. The van der Waals surface area contributed by atoms with Crippen molar-refractivity contribution in [1.82, 2.24) is 20.4 Å². The fourth-order valence-corrected chi connectivity index (χ4v) is 4.07. The van der Waals surface area contributed by atoms with Crippen LogP contribution >= 0.6 is 0 Å². The second kappa shape index (κ2) is 10.0. The van der Waals surface area contributed by atoms with Gasteiger partial charge in [-0.1, -0.05) is 30.3 Å². The molecule has 1 aromatic carbocycles. The van der Waals surface area contributed by atoms with Gasteiger partial charge in [-0.3, -0.25) is 14.5 Å². The number of nitrogens with zero attached hydrogens (tertiary/aromatic N) is 2. The number of nitrogens with one attached hydrogen (secondary N) is 2. The Morgan fingerprint density at radius 1 is 1.11 bits per heavy atom. The predicted molar refractivity (Wildman–Crippen MR) is 108 cm³/mol. The van der Waals surface area contributed by atoms with Crippen molar-refractivity contribution in [1.29, 1.82) is 0 Å². The number of piperazine rings is 1. The Morgan fingerprint density at radius 3 is 2.43 bits per heavy atom. The first kappa shape index (κ1) is 20.8. The Hall–Kier alpha value is -1.96. The molecule has 2 N–H and O–H groups in total. The third-order valence-electron chi connectivity index (χ3n) is 5.84. The number of amides is 2. The molecule has 1 aromatic rings. The van der Waals surface area contributed by atoms with Crippen LogP contribution in [0.4, 0.5) is 0 Å². The molecule has 7 heteroatoms. The summed E-state index contributed by atoms with van der Waals surface area (Å²) < 4.78 is 5.30. The van der Waals surface area contributed by atoms with E-state index < -0.39 is 5.41 Å². The lowest BCUT2D eigenvalue weighted by atomic mass is 9.78. The van der Waals surface area contributed by atoms with Crippen LogP contribution in [0.1, 0.15) is 18.4 Å². The fraction of sp³-hybridized carbons (Fsp3) is 0.619. The quantitative estimate of drug-likeness (QED) is 0.710. The molecular weight excluding hydrogens is 356 g/mol. The van der Waals surface area contributed by atoms with Crippen molar-refractivity contribution < 1.29 is 14.3 Å². The average Bonchev–Trinajstić information content (AvgIpc) is 2.74. The highest BCUT2D eigenvalue weighted by molar-refractivity contribution is 5.88. The smallest absolute Gasteiger partial charge is 0.242 e. The van der Waals surface area contributed by atoms with Crippen LogP contribution in [-0.4, -0.2) is 81.1 Å². The molecular formula is C21H32N4O3.